The first-order valence-electron chi connectivity index (χ1n) is 14.3. The van der Waals surface area contributed by atoms with Crippen LogP contribution in [0.25, 0.3) is 11.1 Å². The van der Waals surface area contributed by atoms with Crippen LogP contribution >= 0.6 is 0 Å². The molecule has 8 nitrogen and oxygen atoms in total. The number of nitrogens with zero attached hydrogens (tertiary/aromatic N) is 2. The number of hydrogen-bond acceptors (Lipinski definition) is 6. The van der Waals surface area contributed by atoms with E-state index in [9.17, 15) is 9.59 Å². The number of carbonyl (C=O) groups excluding carboxylic acids is 1. The maximum Gasteiger partial charge on any atom is 0.253 e. The predicted molar refractivity (Wildman–Crippen MR) is 159 cm³/mol. The van der Waals surface area contributed by atoms with Gasteiger partial charge in [-0.1, -0.05) is 19.3 Å². The normalized spacial score (nSPS) is 13.7. The molecule has 0 unspecified atom stereocenters. The van der Waals surface area contributed by atoms with Crippen LogP contribution in [-0.4, -0.2) is 48.8 Å². The van der Waals surface area contributed by atoms with Gasteiger partial charge in [0.2, 0.25) is 5.88 Å². The van der Waals surface area contributed by atoms with E-state index >= 15 is 0 Å². The summed E-state index contributed by atoms with van der Waals surface area (Å²) in [5.41, 5.74) is 6.50. The van der Waals surface area contributed by atoms with E-state index in [2.05, 4.69) is 33.2 Å². The molecule has 0 spiro atoms. The van der Waals surface area contributed by atoms with Crippen LogP contribution in [0, 0.1) is 20.8 Å². The highest BCUT2D eigenvalue weighted by atomic mass is 16.5. The van der Waals surface area contributed by atoms with E-state index in [1.165, 1.54) is 19.3 Å². The quantitative estimate of drug-likeness (QED) is 0.309. The molecular weight excluding hydrogens is 504 g/mol. The Kier molecular flexibility index (Phi) is 9.98. The molecule has 1 fully saturated rings. The molecule has 1 saturated carbocycles. The molecule has 0 aliphatic heterocycles. The third-order valence-electron chi connectivity index (χ3n) is 7.82. The highest BCUT2D eigenvalue weighted by Crippen LogP contribution is 2.35. The lowest BCUT2D eigenvalue weighted by atomic mass is 9.91. The average molecular weight is 547 g/mol. The number of carbonyl (C=O) groups is 1. The van der Waals surface area contributed by atoms with E-state index < -0.39 is 0 Å². The Labute approximate surface area is 237 Å². The molecule has 0 atom stereocenters. The number of methoxy groups -OCH3 is 1. The summed E-state index contributed by atoms with van der Waals surface area (Å²) in [5.74, 6) is 0.328. The molecule has 0 bridgehead atoms. The molecule has 2 heterocycles. The topological polar surface area (TPSA) is 96.6 Å². The number of benzene rings is 1. The maximum absolute atomic E-state index is 13.7. The second-order valence-electron chi connectivity index (χ2n) is 10.6. The number of H-pyrrole nitrogens is 1. The second-order valence-corrected chi connectivity index (χ2v) is 10.6. The molecule has 3 aromatic rings. The van der Waals surface area contributed by atoms with Crippen LogP contribution in [0.2, 0.25) is 0 Å². The van der Waals surface area contributed by atoms with Crippen molar-refractivity contribution in [3.8, 4) is 17.0 Å². The number of aromatic amines is 1. The maximum atomic E-state index is 13.7. The molecule has 4 rings (SSSR count). The monoisotopic (exact) mass is 546 g/mol. The summed E-state index contributed by atoms with van der Waals surface area (Å²) in [5, 5.41) is 3.01. The summed E-state index contributed by atoms with van der Waals surface area (Å²) in [7, 11) is 1.63. The number of anilines is 1. The van der Waals surface area contributed by atoms with Crippen molar-refractivity contribution in [1.29, 1.82) is 0 Å². The van der Waals surface area contributed by atoms with E-state index in [-0.39, 0.29) is 18.0 Å². The van der Waals surface area contributed by atoms with Gasteiger partial charge in [-0.25, -0.2) is 4.98 Å². The van der Waals surface area contributed by atoms with Crippen molar-refractivity contribution in [2.24, 2.45) is 0 Å². The van der Waals surface area contributed by atoms with Gasteiger partial charge in [0.25, 0.3) is 11.5 Å². The first-order chi connectivity index (χ1) is 19.3. The molecule has 0 radical (unpaired) electrons. The van der Waals surface area contributed by atoms with Gasteiger partial charge in [0, 0.05) is 66.6 Å². The summed E-state index contributed by atoms with van der Waals surface area (Å²) >= 11 is 0. The fraction of sp³-hybridized carbons (Fsp3) is 0.469. The predicted octanol–water partition coefficient (Wildman–Crippen LogP) is 5.48. The van der Waals surface area contributed by atoms with Crippen LogP contribution < -0.4 is 20.5 Å². The zero-order valence-electron chi connectivity index (χ0n) is 24.4. The summed E-state index contributed by atoms with van der Waals surface area (Å²) < 4.78 is 10.7. The molecule has 214 valence electrons. The summed E-state index contributed by atoms with van der Waals surface area (Å²) in [4.78, 5) is 36.0. The smallest absolute Gasteiger partial charge is 0.253 e. The number of pyridine rings is 2. The van der Waals surface area contributed by atoms with Crippen molar-refractivity contribution in [3.63, 3.8) is 0 Å². The summed E-state index contributed by atoms with van der Waals surface area (Å²) in [6.07, 6.45) is 7.83. The molecule has 1 aliphatic carbocycles. The van der Waals surface area contributed by atoms with Gasteiger partial charge < -0.3 is 24.7 Å². The molecule has 40 heavy (non-hydrogen) atoms. The van der Waals surface area contributed by atoms with Crippen molar-refractivity contribution in [1.82, 2.24) is 15.3 Å². The van der Waals surface area contributed by atoms with Crippen LogP contribution in [0.5, 0.6) is 5.88 Å². The van der Waals surface area contributed by atoms with Gasteiger partial charge in [0.15, 0.2) is 0 Å². The molecular formula is C32H42N4O4. The molecule has 0 saturated heterocycles. The van der Waals surface area contributed by atoms with Crippen molar-refractivity contribution in [2.75, 3.05) is 31.8 Å². The van der Waals surface area contributed by atoms with Gasteiger partial charge in [0.05, 0.1) is 6.61 Å². The zero-order chi connectivity index (χ0) is 28.6. The van der Waals surface area contributed by atoms with Crippen LogP contribution in [0.4, 0.5) is 5.69 Å². The number of ether oxygens (including phenoxy) is 2. The van der Waals surface area contributed by atoms with E-state index in [0.717, 1.165) is 53.0 Å². The average Bonchev–Trinajstić information content (AvgIpc) is 2.95. The van der Waals surface area contributed by atoms with E-state index in [1.807, 2.05) is 45.0 Å². The molecule has 2 aromatic heterocycles. The van der Waals surface area contributed by atoms with Gasteiger partial charge in [-0.2, -0.15) is 0 Å². The van der Waals surface area contributed by atoms with Crippen LogP contribution in [0.1, 0.15) is 71.8 Å². The zero-order valence-corrected chi connectivity index (χ0v) is 24.4. The molecule has 8 heteroatoms. The number of nitrogens with one attached hydrogen (secondary N) is 2. The molecule has 1 aromatic carbocycles. The minimum atomic E-state index is -0.202. The highest BCUT2D eigenvalue weighted by Gasteiger charge is 2.25. The largest absolute Gasteiger partial charge is 0.475 e. The number of rotatable bonds is 11. The standard InChI is InChI=1S/C32H42N4O4/c1-6-36(26-10-8-7-9-11-26)29-18-25(24-12-13-30(33-19-24)40-15-14-39-5)17-27(23(29)4)31(37)34-20-28-21(2)16-22(3)35-32(28)38/h12-13,16-19,26H,6-11,14-15,20H2,1-5H3,(H,34,37)(H,35,38). The Hall–Kier alpha value is -3.65. The fourth-order valence-corrected chi connectivity index (χ4v) is 5.65. The Morgan fingerprint density at radius 2 is 1.85 bits per heavy atom. The lowest BCUT2D eigenvalue weighted by Crippen LogP contribution is -2.37. The summed E-state index contributed by atoms with van der Waals surface area (Å²) in [6, 6.07) is 10.3. The third-order valence-corrected chi connectivity index (χ3v) is 7.82. The van der Waals surface area contributed by atoms with Gasteiger partial charge in [-0.15, -0.1) is 0 Å². The van der Waals surface area contributed by atoms with Crippen LogP contribution in [0.3, 0.4) is 0 Å². The van der Waals surface area contributed by atoms with Gasteiger partial charge in [-0.3, -0.25) is 9.59 Å². The lowest BCUT2D eigenvalue weighted by molar-refractivity contribution is 0.0950. The van der Waals surface area contributed by atoms with Gasteiger partial charge in [-0.05, 0) is 81.5 Å². The van der Waals surface area contributed by atoms with Gasteiger partial charge >= 0.3 is 0 Å². The molecule has 2 N–H and O–H groups in total. The van der Waals surface area contributed by atoms with Crippen molar-refractivity contribution < 1.29 is 14.3 Å². The van der Waals surface area contributed by atoms with Crippen LogP contribution in [0.15, 0.2) is 41.3 Å². The minimum Gasteiger partial charge on any atom is -0.475 e. The third kappa shape index (κ3) is 6.91. The number of aromatic nitrogens is 2. The number of aryl methyl sites for hydroxylation is 2. The lowest BCUT2D eigenvalue weighted by Gasteiger charge is -2.37. The van der Waals surface area contributed by atoms with Gasteiger partial charge in [0.1, 0.15) is 6.61 Å². The highest BCUT2D eigenvalue weighted by molar-refractivity contribution is 5.99. The first kappa shape index (κ1) is 29.3. The summed E-state index contributed by atoms with van der Waals surface area (Å²) in [6.45, 7) is 9.89. The molecule has 1 aliphatic rings. The van der Waals surface area contributed by atoms with Crippen molar-refractivity contribution in [2.45, 2.75) is 72.4 Å². The Balaban J connectivity index is 1.69. The second kappa shape index (κ2) is 13.6. The first-order valence-corrected chi connectivity index (χ1v) is 14.3. The SMILES string of the molecule is CCN(c1cc(-c2ccc(OCCOC)nc2)cc(C(=O)NCc2c(C)cc(C)[nH]c2=O)c1C)C1CCCCC1. The van der Waals surface area contributed by atoms with E-state index in [1.54, 1.807) is 13.3 Å². The van der Waals surface area contributed by atoms with Crippen molar-refractivity contribution >= 4 is 11.6 Å². The van der Waals surface area contributed by atoms with E-state index in [0.29, 0.717) is 36.3 Å². The van der Waals surface area contributed by atoms with E-state index in [4.69, 9.17) is 9.47 Å². The number of hydrogen-bond donors (Lipinski definition) is 2. The Morgan fingerprint density at radius 3 is 2.50 bits per heavy atom. The van der Waals surface area contributed by atoms with Crippen LogP contribution in [-0.2, 0) is 11.3 Å². The Morgan fingerprint density at radius 1 is 1.07 bits per heavy atom. The Bertz CT molecular complexity index is 1360. The minimum absolute atomic E-state index is 0.161. The van der Waals surface area contributed by atoms with Crippen molar-refractivity contribution in [3.05, 3.63) is 74.8 Å². The number of amides is 1. The fourth-order valence-electron chi connectivity index (χ4n) is 5.65. The molecule has 1 amide bonds.